The molecule has 0 amide bonds. The van der Waals surface area contributed by atoms with Crippen molar-refractivity contribution in [2.45, 2.75) is 333 Å². The number of aryl methyl sites for hydroxylation is 5. The Morgan fingerprint density at radius 1 is 0.307 bits per heavy atom. The van der Waals surface area contributed by atoms with Crippen LogP contribution >= 0.6 is 0 Å². The SMILES string of the molecule is C.Cc1cc(OC(=O)C2CCC(C3CCC(C)CC3)CC2)cc(F)c1C.Cc1ccc(C2CCC(C3CCC(C)CC3)CC2)cc1.Cc1ccc(CC2CCC(C3CCC(C)CC3)CC2)cc1.Cc1ccc(OC(=O)C2CCC(C3CCC(C)CC3)CC2)cc1.Cc1ccc(OC(=O)c2ccc(C3CCC(C)CC3)cc2F)cc1. The largest absolute Gasteiger partial charge is 0.426 e. The molecule has 8 heteroatoms. The van der Waals surface area contributed by atoms with Crippen molar-refractivity contribution in [1.29, 1.82) is 0 Å². The maximum absolute atomic E-state index is 14.4. The number of halogens is 2. The summed E-state index contributed by atoms with van der Waals surface area (Å²) >= 11 is 0. The maximum atomic E-state index is 14.4. The van der Waals surface area contributed by atoms with Crippen LogP contribution in [0.3, 0.4) is 0 Å². The molecular weight excluding hydrogens is 1410 g/mol. The topological polar surface area (TPSA) is 78.9 Å². The Morgan fingerprint density at radius 2 is 0.605 bits per heavy atom. The molecule has 0 N–H and O–H groups in total. The van der Waals surface area contributed by atoms with E-state index in [0.29, 0.717) is 28.7 Å². The Hall–Kier alpha value is -6.41. The van der Waals surface area contributed by atoms with Gasteiger partial charge in [-0.1, -0.05) is 207 Å². The van der Waals surface area contributed by atoms with Gasteiger partial charge in [0.15, 0.2) is 0 Å². The Bertz CT molecular complexity index is 3780. The van der Waals surface area contributed by atoms with Gasteiger partial charge in [0.1, 0.15) is 28.9 Å². The highest BCUT2D eigenvalue weighted by molar-refractivity contribution is 5.91. The summed E-state index contributed by atoms with van der Waals surface area (Å²) in [5.41, 5.74) is 10.6. The van der Waals surface area contributed by atoms with Crippen molar-refractivity contribution in [3.63, 3.8) is 0 Å². The second-order valence-corrected chi connectivity index (χ2v) is 38.7. The standard InChI is InChI=1S/C22H31FO2.C21H23FO2.C21H30O2.C21H32.C20H30.CH4/c1-14-4-6-17(7-5-14)18-8-10-19(11-9-18)22(24)25-20-12-15(2)16(3)21(23)13-20;1-14-3-7-16(8-4-14)17-9-12-19(20(22)13-17)21(23)24-18-10-5-15(2)6-11-18;1-15-3-7-17(8-4-15)18-9-11-19(12-10-18)21(22)23-20-13-5-16(2)6-14-20;1-16-3-7-18(8-4-16)15-19-9-13-21(14-10-19)20-11-5-17(2)6-12-20;1-15-3-7-17(8-4-15)19-11-13-20(14-12-19)18-9-5-16(2)6-10-18;/h12-14,17-19H,4-11H2,1-3H3;5-6,9-14,16H,3-4,7-8H2,1-2H3;5-6,13-15,17-19H,3-4,7-12H2,1-2H3;3-4,7-8,17,19-21H,5-6,9-15H2,1-2H3;3-4,7-8,16,18-20H,5-6,9-14H2,1-2H3;1H4. The van der Waals surface area contributed by atoms with Gasteiger partial charge >= 0.3 is 17.9 Å². The summed E-state index contributed by atoms with van der Waals surface area (Å²) in [5, 5.41) is 0. The molecular formula is C106H150F2O6. The quantitative estimate of drug-likeness (QED) is 0.0799. The molecule has 624 valence electrons. The molecule has 9 fully saturated rings. The van der Waals surface area contributed by atoms with E-state index in [0.717, 1.165) is 157 Å². The molecule has 6 nitrogen and oxygen atoms in total. The Balaban J connectivity index is 0.000000151. The molecule has 9 aliphatic carbocycles. The van der Waals surface area contributed by atoms with Gasteiger partial charge in [-0.25, -0.2) is 13.6 Å². The van der Waals surface area contributed by atoms with Crippen LogP contribution in [-0.4, -0.2) is 17.9 Å². The summed E-state index contributed by atoms with van der Waals surface area (Å²) < 4.78 is 44.5. The molecule has 0 bridgehead atoms. The van der Waals surface area contributed by atoms with Crippen molar-refractivity contribution < 1.29 is 37.4 Å². The number of esters is 3. The van der Waals surface area contributed by atoms with Crippen LogP contribution < -0.4 is 14.2 Å². The summed E-state index contributed by atoms with van der Waals surface area (Å²) in [5.74, 6) is 14.3. The number of ether oxygens (including phenoxy) is 3. The lowest BCUT2D eigenvalue weighted by Crippen LogP contribution is -2.29. The van der Waals surface area contributed by atoms with Crippen LogP contribution in [0, 0.1) is 148 Å². The van der Waals surface area contributed by atoms with E-state index in [2.05, 4.69) is 97.0 Å². The minimum atomic E-state index is -0.653. The van der Waals surface area contributed by atoms with Gasteiger partial charge in [0, 0.05) is 6.07 Å². The predicted molar refractivity (Wildman–Crippen MR) is 470 cm³/mol. The fourth-order valence-corrected chi connectivity index (χ4v) is 21.5. The average molecular weight is 1560 g/mol. The normalized spacial score (nSPS) is 29.7. The monoisotopic (exact) mass is 1560 g/mol. The highest BCUT2D eigenvalue weighted by atomic mass is 19.1. The van der Waals surface area contributed by atoms with E-state index in [1.165, 1.54) is 215 Å². The first-order valence-electron chi connectivity index (χ1n) is 46.0. The molecule has 9 saturated carbocycles. The molecule has 0 saturated heterocycles. The van der Waals surface area contributed by atoms with Gasteiger partial charge in [-0.05, 0) is 380 Å². The van der Waals surface area contributed by atoms with E-state index in [9.17, 15) is 23.2 Å². The molecule has 0 unspecified atom stereocenters. The van der Waals surface area contributed by atoms with Crippen LogP contribution in [0.5, 0.6) is 17.2 Å². The summed E-state index contributed by atoms with van der Waals surface area (Å²) in [6, 6.07) is 41.4. The van der Waals surface area contributed by atoms with Crippen LogP contribution in [0.2, 0.25) is 0 Å². The fourth-order valence-electron chi connectivity index (χ4n) is 21.5. The van der Waals surface area contributed by atoms with Crippen molar-refractivity contribution in [2.75, 3.05) is 0 Å². The molecule has 0 aliphatic heterocycles. The van der Waals surface area contributed by atoms with E-state index < -0.39 is 11.8 Å². The van der Waals surface area contributed by atoms with Crippen LogP contribution in [0.1, 0.15) is 345 Å². The minimum Gasteiger partial charge on any atom is -0.426 e. The van der Waals surface area contributed by atoms with E-state index in [1.54, 1.807) is 42.3 Å². The van der Waals surface area contributed by atoms with Crippen LogP contribution in [0.25, 0.3) is 0 Å². The van der Waals surface area contributed by atoms with Gasteiger partial charge in [0.2, 0.25) is 0 Å². The van der Waals surface area contributed by atoms with E-state index in [4.69, 9.17) is 14.2 Å². The molecule has 0 radical (unpaired) electrons. The third-order valence-electron chi connectivity index (χ3n) is 29.9. The van der Waals surface area contributed by atoms with Crippen molar-refractivity contribution in [3.05, 3.63) is 195 Å². The highest BCUT2D eigenvalue weighted by Gasteiger charge is 2.37. The first kappa shape index (κ1) is 89.9. The van der Waals surface area contributed by atoms with Crippen molar-refractivity contribution >= 4 is 17.9 Å². The summed E-state index contributed by atoms with van der Waals surface area (Å²) in [7, 11) is 0. The Kier molecular flexibility index (Phi) is 35.5. The van der Waals surface area contributed by atoms with Crippen LogP contribution in [0.15, 0.2) is 127 Å². The smallest absolute Gasteiger partial charge is 0.346 e. The summed E-state index contributed by atoms with van der Waals surface area (Å²) in [6.45, 7) is 23.8. The van der Waals surface area contributed by atoms with E-state index in [1.807, 2.05) is 63.2 Å². The third-order valence-corrected chi connectivity index (χ3v) is 29.9. The van der Waals surface area contributed by atoms with E-state index >= 15 is 0 Å². The minimum absolute atomic E-state index is 0. The number of carbonyl (C=O) groups is 3. The van der Waals surface area contributed by atoms with E-state index in [-0.39, 0.29) is 42.6 Å². The van der Waals surface area contributed by atoms with Crippen LogP contribution in [-0.2, 0) is 16.0 Å². The van der Waals surface area contributed by atoms with Gasteiger partial charge in [-0.15, -0.1) is 0 Å². The van der Waals surface area contributed by atoms with Crippen molar-refractivity contribution in [1.82, 2.24) is 0 Å². The number of carbonyl (C=O) groups excluding carboxylic acids is 3. The molecule has 114 heavy (non-hydrogen) atoms. The number of rotatable bonds is 14. The van der Waals surface area contributed by atoms with Gasteiger partial charge in [-0.2, -0.15) is 0 Å². The lowest BCUT2D eigenvalue weighted by atomic mass is 9.68. The van der Waals surface area contributed by atoms with Crippen molar-refractivity contribution in [3.8, 4) is 17.2 Å². The zero-order valence-electron chi connectivity index (χ0n) is 71.9. The molecule has 15 rings (SSSR count). The first-order valence-corrected chi connectivity index (χ1v) is 46.0. The molecule has 0 spiro atoms. The second kappa shape index (κ2) is 45.0. The molecule has 0 heterocycles. The molecule has 0 atom stereocenters. The fraction of sp³-hybridized carbons (Fsp3) is 0.632. The number of hydrogen-bond donors (Lipinski definition) is 0. The molecule has 9 aliphatic rings. The first-order chi connectivity index (χ1) is 54.5. The van der Waals surface area contributed by atoms with Gasteiger partial charge in [0.05, 0.1) is 17.4 Å². The Morgan fingerprint density at radius 3 is 0.982 bits per heavy atom. The zero-order chi connectivity index (χ0) is 79.9. The predicted octanol–water partition coefficient (Wildman–Crippen LogP) is 30.1. The average Bonchev–Trinajstić information content (AvgIpc) is 0.861. The molecule has 6 aromatic carbocycles. The third kappa shape index (κ3) is 27.6. The highest BCUT2D eigenvalue weighted by Crippen LogP contribution is 2.48. The lowest BCUT2D eigenvalue weighted by Gasteiger charge is -2.37. The zero-order valence-corrected chi connectivity index (χ0v) is 71.9. The molecule has 0 aromatic heterocycles. The maximum Gasteiger partial charge on any atom is 0.346 e. The summed E-state index contributed by atoms with van der Waals surface area (Å²) in [4.78, 5) is 37.0. The Labute approximate surface area is 690 Å². The van der Waals surface area contributed by atoms with Crippen molar-refractivity contribution in [2.24, 2.45) is 94.7 Å². The van der Waals surface area contributed by atoms with Crippen LogP contribution in [0.4, 0.5) is 8.78 Å². The van der Waals surface area contributed by atoms with Gasteiger partial charge in [0.25, 0.3) is 0 Å². The summed E-state index contributed by atoms with van der Waals surface area (Å²) in [6.07, 6.45) is 49.4. The number of benzene rings is 6. The molecule has 6 aromatic rings. The second-order valence-electron chi connectivity index (χ2n) is 38.7. The van der Waals surface area contributed by atoms with Gasteiger partial charge in [-0.3, -0.25) is 9.59 Å². The lowest BCUT2D eigenvalue weighted by molar-refractivity contribution is -0.141. The number of hydrogen-bond acceptors (Lipinski definition) is 6. The van der Waals surface area contributed by atoms with Gasteiger partial charge < -0.3 is 14.2 Å².